The van der Waals surface area contributed by atoms with Gasteiger partial charge in [0.1, 0.15) is 12.4 Å². The minimum Gasteiger partial charge on any atom is -0.446 e. The molecule has 0 spiro atoms. The van der Waals surface area contributed by atoms with Crippen molar-refractivity contribution in [1.29, 1.82) is 0 Å². The van der Waals surface area contributed by atoms with E-state index in [1.807, 2.05) is 5.38 Å². The Morgan fingerprint density at radius 1 is 1.29 bits per heavy atom. The summed E-state index contributed by atoms with van der Waals surface area (Å²) in [5.41, 5.74) is 0. The van der Waals surface area contributed by atoms with Crippen LogP contribution in [-0.2, 0) is 16.6 Å². The summed E-state index contributed by atoms with van der Waals surface area (Å²) < 4.78 is 31.4. The number of hydrogen-bond donors (Lipinski definition) is 1. The van der Waals surface area contributed by atoms with E-state index >= 15 is 0 Å². The monoisotopic (exact) mass is 329 g/mol. The molecule has 1 aliphatic rings. The third kappa shape index (κ3) is 2.82. The van der Waals surface area contributed by atoms with Crippen molar-refractivity contribution in [1.82, 2.24) is 9.29 Å². The molecule has 1 saturated heterocycles. The average Bonchev–Trinajstić information content (AvgIpc) is 3.19. The van der Waals surface area contributed by atoms with E-state index in [9.17, 15) is 8.42 Å². The fourth-order valence-corrected chi connectivity index (χ4v) is 4.25. The van der Waals surface area contributed by atoms with Crippen LogP contribution in [0.25, 0.3) is 0 Å². The highest BCUT2D eigenvalue weighted by Gasteiger charge is 2.31. The third-order valence-electron chi connectivity index (χ3n) is 3.32. The second-order valence-electron chi connectivity index (χ2n) is 4.58. The van der Waals surface area contributed by atoms with Crippen molar-refractivity contribution in [3.63, 3.8) is 0 Å². The molecule has 1 N–H and O–H groups in total. The van der Waals surface area contributed by atoms with Crippen LogP contribution in [0, 0.1) is 0 Å². The topological polar surface area (TPSA) is 86.9 Å². The van der Waals surface area contributed by atoms with Crippen LogP contribution in [0.4, 0.5) is 5.13 Å². The van der Waals surface area contributed by atoms with Gasteiger partial charge in [-0.25, -0.2) is 13.4 Å². The van der Waals surface area contributed by atoms with Gasteiger partial charge in [-0.05, 0) is 12.1 Å². The number of thiazole rings is 1. The number of furan rings is 1. The number of anilines is 1. The predicted molar refractivity (Wildman–Crippen MR) is 77.7 cm³/mol. The van der Waals surface area contributed by atoms with Gasteiger partial charge in [0.25, 0.3) is 10.0 Å². The molecule has 0 saturated carbocycles. The van der Waals surface area contributed by atoms with Crippen molar-refractivity contribution >= 4 is 26.5 Å². The molecule has 0 bridgehead atoms. The fourth-order valence-electron chi connectivity index (χ4n) is 2.20. The summed E-state index contributed by atoms with van der Waals surface area (Å²) in [7, 11) is -3.63. The Morgan fingerprint density at radius 3 is 2.62 bits per heavy atom. The minimum absolute atomic E-state index is 0.116. The lowest BCUT2D eigenvalue weighted by Crippen LogP contribution is -2.48. The van der Waals surface area contributed by atoms with E-state index < -0.39 is 10.0 Å². The van der Waals surface area contributed by atoms with Crippen molar-refractivity contribution in [2.75, 3.05) is 31.1 Å². The second-order valence-corrected chi connectivity index (χ2v) is 7.33. The van der Waals surface area contributed by atoms with E-state index in [0.29, 0.717) is 26.2 Å². The summed E-state index contributed by atoms with van der Waals surface area (Å²) in [5, 5.41) is 11.6. The summed E-state index contributed by atoms with van der Waals surface area (Å²) in [6, 6.07) is 2.85. The second kappa shape index (κ2) is 5.76. The van der Waals surface area contributed by atoms with E-state index in [-0.39, 0.29) is 17.5 Å². The van der Waals surface area contributed by atoms with Crippen LogP contribution in [0.3, 0.4) is 0 Å². The van der Waals surface area contributed by atoms with Crippen LogP contribution in [0.1, 0.15) is 5.76 Å². The standard InChI is InChI=1S/C12H15N3O4S2/c16-9-10-1-2-11(19-10)21(17,18)15-6-4-14(5-7-15)12-13-3-8-20-12/h1-3,8,16H,4-7,9H2. The van der Waals surface area contributed by atoms with Crippen molar-refractivity contribution in [3.8, 4) is 0 Å². The molecule has 1 fully saturated rings. The first-order valence-electron chi connectivity index (χ1n) is 6.45. The highest BCUT2D eigenvalue weighted by atomic mass is 32.2. The van der Waals surface area contributed by atoms with Crippen LogP contribution in [0.2, 0.25) is 0 Å². The van der Waals surface area contributed by atoms with E-state index in [4.69, 9.17) is 9.52 Å². The van der Waals surface area contributed by atoms with Crippen molar-refractivity contribution in [3.05, 3.63) is 29.5 Å². The maximum atomic E-state index is 12.4. The van der Waals surface area contributed by atoms with Gasteiger partial charge in [-0.1, -0.05) is 0 Å². The van der Waals surface area contributed by atoms with Gasteiger partial charge in [-0.2, -0.15) is 4.31 Å². The van der Waals surface area contributed by atoms with E-state index in [2.05, 4.69) is 9.88 Å². The zero-order valence-electron chi connectivity index (χ0n) is 11.2. The summed E-state index contributed by atoms with van der Waals surface area (Å²) in [6.07, 6.45) is 1.74. The molecular weight excluding hydrogens is 314 g/mol. The minimum atomic E-state index is -3.63. The largest absolute Gasteiger partial charge is 0.446 e. The molecule has 0 aromatic carbocycles. The Morgan fingerprint density at radius 2 is 2.05 bits per heavy atom. The Kier molecular flexibility index (Phi) is 3.98. The normalized spacial score (nSPS) is 17.3. The maximum absolute atomic E-state index is 12.4. The SMILES string of the molecule is O=S(=O)(c1ccc(CO)o1)N1CCN(c2nccs2)CC1. The molecule has 9 heteroatoms. The van der Waals surface area contributed by atoms with Gasteiger partial charge in [-0.15, -0.1) is 11.3 Å². The lowest BCUT2D eigenvalue weighted by molar-refractivity contribution is 0.234. The third-order valence-corrected chi connectivity index (χ3v) is 5.92. The average molecular weight is 329 g/mol. The van der Waals surface area contributed by atoms with E-state index in [0.717, 1.165) is 5.13 Å². The summed E-state index contributed by atoms with van der Waals surface area (Å²) >= 11 is 1.54. The molecule has 0 atom stereocenters. The number of sulfonamides is 1. The number of aliphatic hydroxyl groups is 1. The van der Waals surface area contributed by atoms with E-state index in [1.165, 1.54) is 16.4 Å². The lowest BCUT2D eigenvalue weighted by Gasteiger charge is -2.33. The summed E-state index contributed by atoms with van der Waals surface area (Å²) in [5.74, 6) is 0.245. The van der Waals surface area contributed by atoms with Crippen molar-refractivity contribution in [2.24, 2.45) is 0 Å². The number of nitrogens with zero attached hydrogens (tertiary/aromatic N) is 3. The number of aromatic nitrogens is 1. The van der Waals surface area contributed by atoms with Gasteiger partial charge in [-0.3, -0.25) is 0 Å². The van der Waals surface area contributed by atoms with Crippen LogP contribution < -0.4 is 4.90 Å². The Hall–Kier alpha value is -1.42. The molecule has 3 heterocycles. The van der Waals surface area contributed by atoms with Crippen LogP contribution >= 0.6 is 11.3 Å². The first kappa shape index (κ1) is 14.5. The zero-order chi connectivity index (χ0) is 14.9. The van der Waals surface area contributed by atoms with Gasteiger partial charge in [0, 0.05) is 37.8 Å². The molecule has 3 rings (SSSR count). The molecule has 7 nitrogen and oxygen atoms in total. The van der Waals surface area contributed by atoms with Gasteiger partial charge in [0.05, 0.1) is 0 Å². The lowest BCUT2D eigenvalue weighted by atomic mass is 10.4. The van der Waals surface area contributed by atoms with Crippen molar-refractivity contribution in [2.45, 2.75) is 11.7 Å². The highest BCUT2D eigenvalue weighted by Crippen LogP contribution is 2.23. The number of rotatable bonds is 4. The predicted octanol–water partition coefficient (Wildman–Crippen LogP) is 0.739. The molecule has 2 aromatic rings. The van der Waals surface area contributed by atoms with Crippen LogP contribution in [0.15, 0.2) is 33.2 Å². The molecule has 0 unspecified atom stereocenters. The molecule has 0 radical (unpaired) electrons. The zero-order valence-corrected chi connectivity index (χ0v) is 12.8. The number of piperazine rings is 1. The van der Waals surface area contributed by atoms with E-state index in [1.54, 1.807) is 17.5 Å². The summed E-state index contributed by atoms with van der Waals surface area (Å²) in [6.45, 7) is 1.65. The number of hydrogen-bond acceptors (Lipinski definition) is 7. The Balaban J connectivity index is 1.71. The highest BCUT2D eigenvalue weighted by molar-refractivity contribution is 7.89. The van der Waals surface area contributed by atoms with Gasteiger partial charge in [0.15, 0.2) is 5.13 Å². The number of aliphatic hydroxyl groups excluding tert-OH is 1. The van der Waals surface area contributed by atoms with Crippen molar-refractivity contribution < 1.29 is 17.9 Å². The summed E-state index contributed by atoms with van der Waals surface area (Å²) in [4.78, 5) is 6.30. The smallest absolute Gasteiger partial charge is 0.276 e. The first-order valence-corrected chi connectivity index (χ1v) is 8.77. The fraction of sp³-hybridized carbons (Fsp3) is 0.417. The quantitative estimate of drug-likeness (QED) is 0.890. The molecule has 21 heavy (non-hydrogen) atoms. The van der Waals surface area contributed by atoms with Crippen LogP contribution in [0.5, 0.6) is 0 Å². The Labute approximate surface area is 126 Å². The molecule has 114 valence electrons. The molecule has 0 aliphatic carbocycles. The first-order chi connectivity index (χ1) is 10.1. The Bertz CT molecular complexity index is 688. The molecule has 2 aromatic heterocycles. The molecular formula is C12H15N3O4S2. The molecule has 1 aliphatic heterocycles. The maximum Gasteiger partial charge on any atom is 0.276 e. The van der Waals surface area contributed by atoms with Gasteiger partial charge in [0.2, 0.25) is 5.09 Å². The van der Waals surface area contributed by atoms with Gasteiger partial charge < -0.3 is 14.4 Å². The van der Waals surface area contributed by atoms with Gasteiger partial charge >= 0.3 is 0 Å². The molecule has 0 amide bonds. The van der Waals surface area contributed by atoms with Crippen LogP contribution in [-0.4, -0.2) is 49.0 Å².